The molecule has 1 N–H and O–H groups in total. The maximum Gasteiger partial charge on any atom is 0.164 e. The summed E-state index contributed by atoms with van der Waals surface area (Å²) in [5.74, 6) is 1.84. The van der Waals surface area contributed by atoms with Crippen LogP contribution >= 0.6 is 0 Å². The van der Waals surface area contributed by atoms with Gasteiger partial charge in [-0.15, -0.1) is 0 Å². The first-order valence-electron chi connectivity index (χ1n) is 6.35. The Hall–Kier alpha value is -1.22. The van der Waals surface area contributed by atoms with Gasteiger partial charge in [-0.05, 0) is 49.4 Å². The van der Waals surface area contributed by atoms with Crippen LogP contribution in [-0.2, 0) is 12.8 Å². The van der Waals surface area contributed by atoms with Crippen LogP contribution in [0.2, 0.25) is 0 Å². The Balaban J connectivity index is 2.22. The van der Waals surface area contributed by atoms with Crippen LogP contribution in [0.25, 0.3) is 0 Å². The minimum absolute atomic E-state index is 0.530. The topological polar surface area (TPSA) is 30.5 Å². The van der Waals surface area contributed by atoms with Crippen LogP contribution in [0.4, 0.5) is 0 Å². The molecule has 1 aromatic rings. The highest BCUT2D eigenvalue weighted by molar-refractivity contribution is 5.57. The molecule has 1 atom stereocenters. The molecule has 0 fully saturated rings. The third-order valence-corrected chi connectivity index (χ3v) is 3.95. The van der Waals surface area contributed by atoms with Crippen molar-refractivity contribution in [3.63, 3.8) is 0 Å². The molecule has 0 aromatic heterocycles. The maximum absolute atomic E-state index is 5.55. The summed E-state index contributed by atoms with van der Waals surface area (Å²) in [6, 6.07) is 2.69. The highest BCUT2D eigenvalue weighted by atomic mass is 16.5. The predicted octanol–water partition coefficient (Wildman–Crippen LogP) is 2.23. The fourth-order valence-corrected chi connectivity index (χ4v) is 3.24. The molecule has 0 spiro atoms. The molecule has 0 amide bonds. The first kappa shape index (κ1) is 10.9. The number of benzene rings is 1. The van der Waals surface area contributed by atoms with E-state index in [1.807, 2.05) is 0 Å². The summed E-state index contributed by atoms with van der Waals surface area (Å²) < 4.78 is 11.0. The van der Waals surface area contributed by atoms with Crippen molar-refractivity contribution in [1.29, 1.82) is 0 Å². The van der Waals surface area contributed by atoms with Crippen molar-refractivity contribution < 1.29 is 9.47 Å². The van der Waals surface area contributed by atoms with E-state index in [1.54, 1.807) is 14.2 Å². The molecule has 0 bridgehead atoms. The molecule has 1 aromatic carbocycles. The van der Waals surface area contributed by atoms with Crippen molar-refractivity contribution in [3.8, 4) is 11.5 Å². The lowest BCUT2D eigenvalue weighted by molar-refractivity contribution is 0.342. The number of hydrogen-bond donors (Lipinski definition) is 1. The average Bonchev–Trinajstić information content (AvgIpc) is 2.39. The highest BCUT2D eigenvalue weighted by Crippen LogP contribution is 2.44. The summed E-state index contributed by atoms with van der Waals surface area (Å²) in [6.45, 7) is 1.08. The zero-order valence-corrected chi connectivity index (χ0v) is 10.5. The second-order valence-electron chi connectivity index (χ2n) is 4.81. The van der Waals surface area contributed by atoms with E-state index in [1.165, 1.54) is 29.5 Å². The highest BCUT2D eigenvalue weighted by Gasteiger charge is 2.30. The van der Waals surface area contributed by atoms with Crippen molar-refractivity contribution in [2.45, 2.75) is 31.7 Å². The molecule has 0 radical (unpaired) electrons. The monoisotopic (exact) mass is 233 g/mol. The lowest BCUT2D eigenvalue weighted by Gasteiger charge is -2.34. The molecule has 3 rings (SSSR count). The van der Waals surface area contributed by atoms with Crippen molar-refractivity contribution in [3.05, 3.63) is 22.8 Å². The summed E-state index contributed by atoms with van der Waals surface area (Å²) >= 11 is 0. The van der Waals surface area contributed by atoms with E-state index in [0.29, 0.717) is 6.04 Å². The van der Waals surface area contributed by atoms with Crippen LogP contribution in [0.15, 0.2) is 6.07 Å². The smallest absolute Gasteiger partial charge is 0.164 e. The van der Waals surface area contributed by atoms with Gasteiger partial charge in [0.05, 0.1) is 14.2 Å². The van der Waals surface area contributed by atoms with Crippen LogP contribution in [0.3, 0.4) is 0 Å². The number of rotatable bonds is 2. The lowest BCUT2D eigenvalue weighted by atomic mass is 9.81. The van der Waals surface area contributed by atoms with E-state index in [4.69, 9.17) is 9.47 Å². The molecule has 3 heteroatoms. The van der Waals surface area contributed by atoms with E-state index in [-0.39, 0.29) is 0 Å². The van der Waals surface area contributed by atoms with Crippen LogP contribution in [0, 0.1) is 0 Å². The molecule has 3 nitrogen and oxygen atoms in total. The molecular formula is C14H19NO2. The molecule has 17 heavy (non-hydrogen) atoms. The molecule has 1 aliphatic carbocycles. The van der Waals surface area contributed by atoms with Crippen molar-refractivity contribution in [1.82, 2.24) is 5.32 Å². The lowest BCUT2D eigenvalue weighted by Crippen LogP contribution is -2.33. The minimum Gasteiger partial charge on any atom is -0.493 e. The van der Waals surface area contributed by atoms with Gasteiger partial charge in [-0.2, -0.15) is 0 Å². The summed E-state index contributed by atoms with van der Waals surface area (Å²) in [7, 11) is 3.46. The molecule has 0 saturated heterocycles. The molecule has 92 valence electrons. The zero-order chi connectivity index (χ0) is 11.8. The van der Waals surface area contributed by atoms with Crippen molar-refractivity contribution in [2.24, 2.45) is 0 Å². The van der Waals surface area contributed by atoms with Crippen LogP contribution in [-0.4, -0.2) is 20.8 Å². The quantitative estimate of drug-likeness (QED) is 0.849. The summed E-state index contributed by atoms with van der Waals surface area (Å²) in [5, 5.41) is 3.61. The van der Waals surface area contributed by atoms with E-state index in [9.17, 15) is 0 Å². The van der Waals surface area contributed by atoms with Gasteiger partial charge in [-0.1, -0.05) is 0 Å². The normalized spacial score (nSPS) is 21.9. The summed E-state index contributed by atoms with van der Waals surface area (Å²) in [6.07, 6.45) is 4.68. The summed E-state index contributed by atoms with van der Waals surface area (Å²) in [5.41, 5.74) is 4.30. The number of nitrogens with one attached hydrogen (secondary N) is 1. The molecular weight excluding hydrogens is 214 g/mol. The third-order valence-electron chi connectivity index (χ3n) is 3.95. The predicted molar refractivity (Wildman–Crippen MR) is 66.9 cm³/mol. The molecule has 2 aliphatic rings. The number of hydrogen-bond acceptors (Lipinski definition) is 3. The number of methoxy groups -OCH3 is 2. The van der Waals surface area contributed by atoms with Crippen LogP contribution in [0.1, 0.15) is 35.6 Å². The Morgan fingerprint density at radius 3 is 2.88 bits per heavy atom. The molecule has 1 aliphatic heterocycles. The van der Waals surface area contributed by atoms with Gasteiger partial charge in [0.25, 0.3) is 0 Å². The van der Waals surface area contributed by atoms with Gasteiger partial charge in [0.2, 0.25) is 0 Å². The zero-order valence-electron chi connectivity index (χ0n) is 10.5. The Labute approximate surface area is 102 Å². The van der Waals surface area contributed by atoms with Gasteiger partial charge >= 0.3 is 0 Å². The van der Waals surface area contributed by atoms with Gasteiger partial charge in [-0.3, -0.25) is 0 Å². The van der Waals surface area contributed by atoms with E-state index >= 15 is 0 Å². The van der Waals surface area contributed by atoms with Gasteiger partial charge in [0.1, 0.15) is 0 Å². The first-order chi connectivity index (χ1) is 8.35. The first-order valence-corrected chi connectivity index (χ1v) is 6.35. The Morgan fingerprint density at radius 2 is 2.12 bits per heavy atom. The average molecular weight is 233 g/mol. The maximum atomic E-state index is 5.55. The summed E-state index contributed by atoms with van der Waals surface area (Å²) in [4.78, 5) is 0. The largest absolute Gasteiger partial charge is 0.493 e. The Kier molecular flexibility index (Phi) is 2.71. The second-order valence-corrected chi connectivity index (χ2v) is 4.81. The fourth-order valence-electron chi connectivity index (χ4n) is 3.24. The van der Waals surface area contributed by atoms with E-state index in [2.05, 4.69) is 11.4 Å². The van der Waals surface area contributed by atoms with Gasteiger partial charge in [0, 0.05) is 11.6 Å². The molecule has 1 heterocycles. The van der Waals surface area contributed by atoms with Gasteiger partial charge < -0.3 is 14.8 Å². The number of ether oxygens (including phenoxy) is 2. The molecule has 1 unspecified atom stereocenters. The van der Waals surface area contributed by atoms with Crippen molar-refractivity contribution in [2.75, 3.05) is 20.8 Å². The standard InChI is InChI=1S/C14H19NO2/c1-16-12-8-9-6-7-15-11-5-3-4-10(13(9)11)14(12)17-2/h8,11,15H,3-7H2,1-2H3. The molecule has 0 saturated carbocycles. The van der Waals surface area contributed by atoms with Crippen molar-refractivity contribution >= 4 is 0 Å². The van der Waals surface area contributed by atoms with E-state index in [0.717, 1.165) is 30.9 Å². The van der Waals surface area contributed by atoms with Gasteiger partial charge in [-0.25, -0.2) is 0 Å². The SMILES string of the molecule is COc1cc2c3c(c1OC)CCCC3NCC2. The Morgan fingerprint density at radius 1 is 1.24 bits per heavy atom. The van der Waals surface area contributed by atoms with Crippen LogP contribution in [0.5, 0.6) is 11.5 Å². The van der Waals surface area contributed by atoms with Gasteiger partial charge in [0.15, 0.2) is 11.5 Å². The third kappa shape index (κ3) is 1.61. The minimum atomic E-state index is 0.530. The fraction of sp³-hybridized carbons (Fsp3) is 0.571. The van der Waals surface area contributed by atoms with Crippen LogP contribution < -0.4 is 14.8 Å². The second kappa shape index (κ2) is 4.22. The van der Waals surface area contributed by atoms with E-state index < -0.39 is 0 Å². The Bertz CT molecular complexity index is 440.